The zero-order chi connectivity index (χ0) is 13.5. The number of alkyl halides is 3. The van der Waals surface area contributed by atoms with Crippen LogP contribution in [-0.4, -0.2) is 36.3 Å². The third-order valence-corrected chi connectivity index (χ3v) is 1.97. The van der Waals surface area contributed by atoms with Crippen LogP contribution in [0.3, 0.4) is 0 Å². The summed E-state index contributed by atoms with van der Waals surface area (Å²) in [6.45, 7) is -0.264. The Labute approximate surface area is 103 Å². The number of hydrogen-bond acceptors (Lipinski definition) is 3. The molecule has 17 heavy (non-hydrogen) atoms. The first kappa shape index (κ1) is 16.1. The van der Waals surface area contributed by atoms with E-state index in [0.29, 0.717) is 12.8 Å². The maximum atomic E-state index is 11.7. The first-order chi connectivity index (χ1) is 7.74. The van der Waals surface area contributed by atoms with Crippen molar-refractivity contribution in [3.05, 3.63) is 0 Å². The van der Waals surface area contributed by atoms with Gasteiger partial charge in [0.25, 0.3) is 0 Å². The molecule has 0 aliphatic rings. The van der Waals surface area contributed by atoms with E-state index in [1.54, 1.807) is 6.92 Å². The van der Waals surface area contributed by atoms with Gasteiger partial charge in [0.2, 0.25) is 5.91 Å². The van der Waals surface area contributed by atoms with E-state index in [9.17, 15) is 18.0 Å². The average molecular weight is 272 g/mol. The zero-order valence-electron chi connectivity index (χ0n) is 9.34. The molecule has 100 valence electrons. The molecule has 1 atom stereocenters. The van der Waals surface area contributed by atoms with Crippen LogP contribution >= 0.6 is 12.2 Å². The molecule has 8 heteroatoms. The molecule has 3 N–H and O–H groups in total. The molecule has 0 fully saturated rings. The minimum absolute atomic E-state index is 0.244. The highest BCUT2D eigenvalue weighted by atomic mass is 32.1. The van der Waals surface area contributed by atoms with E-state index in [4.69, 9.17) is 5.73 Å². The fourth-order valence-electron chi connectivity index (χ4n) is 1.07. The number of ether oxygens (including phenoxy) is 1. The third-order valence-electron chi connectivity index (χ3n) is 1.80. The summed E-state index contributed by atoms with van der Waals surface area (Å²) in [7, 11) is 0. The Morgan fingerprint density at radius 2 is 2.12 bits per heavy atom. The second-order valence-corrected chi connectivity index (χ2v) is 3.98. The van der Waals surface area contributed by atoms with E-state index in [2.05, 4.69) is 22.3 Å². The topological polar surface area (TPSA) is 64.3 Å². The molecule has 0 bridgehead atoms. The monoisotopic (exact) mass is 272 g/mol. The van der Waals surface area contributed by atoms with Crippen molar-refractivity contribution >= 4 is 23.1 Å². The van der Waals surface area contributed by atoms with Crippen molar-refractivity contribution in [2.75, 3.05) is 13.2 Å². The van der Waals surface area contributed by atoms with Crippen molar-refractivity contribution in [2.24, 2.45) is 5.73 Å². The number of thiocarbonyl (C=S) groups is 1. The largest absolute Gasteiger partial charge is 0.411 e. The fraction of sp³-hybridized carbons (Fsp3) is 0.778. The molecule has 1 unspecified atom stereocenters. The van der Waals surface area contributed by atoms with Crippen LogP contribution in [0.15, 0.2) is 0 Å². The van der Waals surface area contributed by atoms with Gasteiger partial charge in [-0.2, -0.15) is 13.2 Å². The third kappa shape index (κ3) is 10.0. The van der Waals surface area contributed by atoms with Gasteiger partial charge in [-0.1, -0.05) is 19.1 Å². The number of rotatable bonds is 7. The Morgan fingerprint density at radius 3 is 2.53 bits per heavy atom. The summed E-state index contributed by atoms with van der Waals surface area (Å²) in [5, 5.41) is 2.49. The van der Waals surface area contributed by atoms with Crippen molar-refractivity contribution in [1.29, 1.82) is 0 Å². The van der Waals surface area contributed by atoms with E-state index in [-0.39, 0.29) is 11.0 Å². The molecule has 4 nitrogen and oxygen atoms in total. The van der Waals surface area contributed by atoms with Crippen molar-refractivity contribution in [3.8, 4) is 0 Å². The molecule has 0 heterocycles. The molecule has 0 aliphatic heterocycles. The Bertz CT molecular complexity index is 271. The fourth-order valence-corrected chi connectivity index (χ4v) is 1.27. The first-order valence-electron chi connectivity index (χ1n) is 4.96. The molecule has 0 radical (unpaired) electrons. The lowest BCUT2D eigenvalue weighted by Gasteiger charge is -2.16. The summed E-state index contributed by atoms with van der Waals surface area (Å²) in [6.07, 6.45) is -3.53. The Morgan fingerprint density at radius 1 is 1.53 bits per heavy atom. The van der Waals surface area contributed by atoms with Gasteiger partial charge in [0.05, 0.1) is 4.99 Å². The highest BCUT2D eigenvalue weighted by Crippen LogP contribution is 2.14. The van der Waals surface area contributed by atoms with Crippen LogP contribution in [0.25, 0.3) is 0 Å². The van der Waals surface area contributed by atoms with E-state index >= 15 is 0 Å². The first-order valence-corrected chi connectivity index (χ1v) is 5.37. The summed E-state index contributed by atoms with van der Waals surface area (Å²) < 4.78 is 39.4. The van der Waals surface area contributed by atoms with Crippen LogP contribution in [0.5, 0.6) is 0 Å². The highest BCUT2D eigenvalue weighted by Gasteiger charge is 2.27. The summed E-state index contributed by atoms with van der Waals surface area (Å²) in [6, 6.07) is -0.269. The second-order valence-electron chi connectivity index (χ2n) is 3.45. The lowest BCUT2D eigenvalue weighted by molar-refractivity contribution is -0.175. The molecular formula is C9H15F3N2O2S. The smallest absolute Gasteiger partial charge is 0.393 e. The minimum atomic E-state index is -4.43. The van der Waals surface area contributed by atoms with Gasteiger partial charge >= 0.3 is 6.18 Å². The van der Waals surface area contributed by atoms with Crippen LogP contribution in [0.4, 0.5) is 13.2 Å². The molecule has 0 spiro atoms. The highest BCUT2D eigenvalue weighted by molar-refractivity contribution is 7.80. The summed E-state index contributed by atoms with van der Waals surface area (Å²) in [4.78, 5) is 11.4. The van der Waals surface area contributed by atoms with Gasteiger partial charge in [-0.05, 0) is 6.42 Å². The lowest BCUT2D eigenvalue weighted by atomic mass is 10.1. The molecule has 1 amide bonds. The number of carbonyl (C=O) groups excluding carboxylic acids is 1. The average Bonchev–Trinajstić information content (AvgIpc) is 2.13. The standard InChI is InChI=1S/C9H15F3N2O2S/c1-2-6(3-7(13)17)14-8(15)4-16-5-9(10,11)12/h6H,2-5H2,1H3,(H2,13,17)(H,14,15). The summed E-state index contributed by atoms with van der Waals surface area (Å²) in [5.41, 5.74) is 5.30. The lowest BCUT2D eigenvalue weighted by Crippen LogP contribution is -2.39. The maximum absolute atomic E-state index is 11.7. The predicted octanol–water partition coefficient (Wildman–Crippen LogP) is 1.14. The SMILES string of the molecule is CCC(CC(N)=S)NC(=O)COCC(F)(F)F. The molecule has 0 saturated heterocycles. The van der Waals surface area contributed by atoms with Crippen LogP contribution in [0.2, 0.25) is 0 Å². The molecule has 0 aliphatic carbocycles. The normalized spacial score (nSPS) is 13.2. The van der Waals surface area contributed by atoms with Crippen molar-refractivity contribution in [2.45, 2.75) is 32.0 Å². The molecule has 0 saturated carbocycles. The Kier molecular flexibility index (Phi) is 7.05. The maximum Gasteiger partial charge on any atom is 0.411 e. The van der Waals surface area contributed by atoms with Gasteiger partial charge in [0, 0.05) is 12.5 Å². The molecule has 0 aromatic carbocycles. The van der Waals surface area contributed by atoms with Gasteiger partial charge in [-0.15, -0.1) is 0 Å². The van der Waals surface area contributed by atoms with Crippen LogP contribution in [-0.2, 0) is 9.53 Å². The van der Waals surface area contributed by atoms with Gasteiger partial charge in [0.15, 0.2) is 0 Å². The van der Waals surface area contributed by atoms with Crippen LogP contribution in [0, 0.1) is 0 Å². The number of hydrogen-bond donors (Lipinski definition) is 2. The van der Waals surface area contributed by atoms with E-state index in [0.717, 1.165) is 0 Å². The summed E-state index contributed by atoms with van der Waals surface area (Å²) >= 11 is 4.67. The zero-order valence-corrected chi connectivity index (χ0v) is 10.2. The Hall–Kier alpha value is -0.890. The van der Waals surface area contributed by atoms with E-state index in [1.165, 1.54) is 0 Å². The van der Waals surface area contributed by atoms with Crippen molar-refractivity contribution in [1.82, 2.24) is 5.32 Å². The molecule has 0 rings (SSSR count). The number of amides is 1. The Balaban J connectivity index is 3.87. The molecular weight excluding hydrogens is 257 g/mol. The van der Waals surface area contributed by atoms with Crippen LogP contribution in [0.1, 0.15) is 19.8 Å². The van der Waals surface area contributed by atoms with Crippen LogP contribution < -0.4 is 11.1 Å². The van der Waals surface area contributed by atoms with Gasteiger partial charge in [0.1, 0.15) is 13.2 Å². The van der Waals surface area contributed by atoms with Crippen molar-refractivity contribution in [3.63, 3.8) is 0 Å². The number of halogens is 3. The number of nitrogens with one attached hydrogen (secondary N) is 1. The van der Waals surface area contributed by atoms with Gasteiger partial charge in [-0.3, -0.25) is 4.79 Å². The van der Waals surface area contributed by atoms with Crippen molar-refractivity contribution < 1.29 is 22.7 Å². The molecule has 0 aromatic heterocycles. The number of carbonyl (C=O) groups is 1. The second kappa shape index (κ2) is 7.44. The van der Waals surface area contributed by atoms with E-state index < -0.39 is 25.3 Å². The minimum Gasteiger partial charge on any atom is -0.393 e. The van der Waals surface area contributed by atoms with Gasteiger partial charge < -0.3 is 15.8 Å². The summed E-state index contributed by atoms with van der Waals surface area (Å²) in [5.74, 6) is -0.614. The number of nitrogens with two attached hydrogens (primary N) is 1. The predicted molar refractivity (Wildman–Crippen MR) is 60.5 cm³/mol. The quantitative estimate of drug-likeness (QED) is 0.682. The van der Waals surface area contributed by atoms with E-state index in [1.807, 2.05) is 0 Å². The molecule has 0 aromatic rings. The van der Waals surface area contributed by atoms with Gasteiger partial charge in [-0.25, -0.2) is 0 Å².